The Morgan fingerprint density at radius 2 is 1.33 bits per heavy atom. The van der Waals surface area contributed by atoms with Crippen molar-refractivity contribution >= 4 is 3.81 Å². The Kier molecular flexibility index (Phi) is 14.3. The Hall–Kier alpha value is -0.916. The Bertz CT molecular complexity index is 1020. The van der Waals surface area contributed by atoms with E-state index in [4.69, 9.17) is 0 Å². The number of hydrogen-bond donors (Lipinski definition) is 0. The van der Waals surface area contributed by atoms with Crippen LogP contribution in [0.2, 0.25) is 0 Å². The zero-order chi connectivity index (χ0) is 25.3. The van der Waals surface area contributed by atoms with Crippen LogP contribution in [0, 0.1) is 12.1 Å². The minimum absolute atomic E-state index is 0. The molecule has 0 saturated heterocycles. The van der Waals surface area contributed by atoms with Gasteiger partial charge in [-0.05, 0) is 55.1 Å². The van der Waals surface area contributed by atoms with Crippen LogP contribution in [0.4, 0.5) is 0 Å². The van der Waals surface area contributed by atoms with Gasteiger partial charge in [-0.25, -0.2) is 12.2 Å². The molecule has 3 fully saturated rings. The molecule has 0 atom stereocenters. The smallest absolute Gasteiger partial charge is 0.0162 e. The van der Waals surface area contributed by atoms with Crippen LogP contribution >= 0.6 is 0 Å². The fraction of sp³-hybridized carbons (Fsp3) is 0.528. The van der Waals surface area contributed by atoms with Crippen molar-refractivity contribution in [2.45, 2.75) is 121 Å². The molecule has 0 heterocycles. The van der Waals surface area contributed by atoms with Crippen molar-refractivity contribution < 1.29 is 44.8 Å². The van der Waals surface area contributed by atoms with Crippen molar-refractivity contribution in [3.05, 3.63) is 83.0 Å². The monoisotopic (exact) mass is 594 g/mol. The average Bonchev–Trinajstić information content (AvgIpc) is 3.66. The third kappa shape index (κ3) is 9.29. The third-order valence-electron chi connectivity index (χ3n) is 9.00. The number of benzene rings is 2. The van der Waals surface area contributed by atoms with E-state index >= 15 is 0 Å². The van der Waals surface area contributed by atoms with E-state index in [1.807, 2.05) is 12.2 Å². The van der Waals surface area contributed by atoms with Crippen LogP contribution in [0.15, 0.2) is 48.6 Å². The summed E-state index contributed by atoms with van der Waals surface area (Å²) in [5.74, 6) is 1.57. The Balaban J connectivity index is 0.000000250. The minimum Gasteiger partial charge on any atom is -0.176 e. The van der Waals surface area contributed by atoms with Crippen LogP contribution in [0.5, 0.6) is 0 Å². The van der Waals surface area contributed by atoms with Crippen LogP contribution in [-0.2, 0) is 26.4 Å². The molecule has 3 heteroatoms. The van der Waals surface area contributed by atoms with Crippen LogP contribution in [0.1, 0.15) is 137 Å². The summed E-state index contributed by atoms with van der Waals surface area (Å²) in [4.78, 5) is 0. The minimum atomic E-state index is 0. The molecule has 5 aliphatic carbocycles. The number of halogens is 2. The molecule has 0 nitrogen and oxygen atoms in total. The van der Waals surface area contributed by atoms with Gasteiger partial charge < -0.3 is 24.8 Å². The number of rotatable bonds is 2. The van der Waals surface area contributed by atoms with E-state index in [-0.39, 0.29) is 24.8 Å². The van der Waals surface area contributed by atoms with Crippen molar-refractivity contribution in [3.8, 4) is 11.1 Å². The molecule has 2 aromatic carbocycles. The molecule has 0 radical (unpaired) electrons. The zero-order valence-corrected chi connectivity index (χ0v) is 26.6. The topological polar surface area (TPSA) is 0 Å². The Labute approximate surface area is 262 Å². The predicted molar refractivity (Wildman–Crippen MR) is 155 cm³/mol. The van der Waals surface area contributed by atoms with Crippen LogP contribution in [-0.4, -0.2) is 3.81 Å². The molecule has 0 spiro atoms. The normalized spacial score (nSPS) is 19.9. The van der Waals surface area contributed by atoms with E-state index in [0.717, 1.165) is 24.7 Å². The molecule has 0 amide bonds. The van der Waals surface area contributed by atoms with Gasteiger partial charge in [0.05, 0.1) is 0 Å². The van der Waals surface area contributed by atoms with E-state index in [0.29, 0.717) is 0 Å². The molecule has 7 rings (SSSR count). The maximum atomic E-state index is 3.84. The summed E-state index contributed by atoms with van der Waals surface area (Å²) in [7, 11) is 0. The zero-order valence-electron chi connectivity index (χ0n) is 23.6. The molecule has 208 valence electrons. The summed E-state index contributed by atoms with van der Waals surface area (Å²) in [6.07, 6.45) is 32.3. The van der Waals surface area contributed by atoms with Gasteiger partial charge in [-0.1, -0.05) is 62.3 Å². The first-order valence-corrected chi connectivity index (χ1v) is 16.0. The average molecular weight is 596 g/mol. The van der Waals surface area contributed by atoms with Gasteiger partial charge in [0, 0.05) is 0 Å². The van der Waals surface area contributed by atoms with Crippen molar-refractivity contribution in [2.24, 2.45) is 0 Å². The molecule has 0 bridgehead atoms. The van der Waals surface area contributed by atoms with Crippen molar-refractivity contribution in [3.63, 3.8) is 0 Å². The second-order valence-electron chi connectivity index (χ2n) is 11.7. The molecule has 0 unspecified atom stereocenters. The summed E-state index contributed by atoms with van der Waals surface area (Å²) in [6.45, 7) is 0. The molecular weight excluding hydrogens is 551 g/mol. The second-order valence-corrected chi connectivity index (χ2v) is 12.8. The first-order valence-electron chi connectivity index (χ1n) is 15.2. The van der Waals surface area contributed by atoms with Gasteiger partial charge in [0.2, 0.25) is 0 Å². The van der Waals surface area contributed by atoms with E-state index in [9.17, 15) is 0 Å². The molecule has 0 aliphatic heterocycles. The Morgan fingerprint density at radius 3 is 1.90 bits per heavy atom. The molecule has 2 aromatic rings. The van der Waals surface area contributed by atoms with Gasteiger partial charge in [0.25, 0.3) is 0 Å². The maximum absolute atomic E-state index is 3.84. The third-order valence-corrected chi connectivity index (χ3v) is 9.78. The molecular formula is C36H44Cl2Ti-2. The van der Waals surface area contributed by atoms with Crippen LogP contribution < -0.4 is 24.8 Å². The Morgan fingerprint density at radius 1 is 0.692 bits per heavy atom. The van der Waals surface area contributed by atoms with Crippen molar-refractivity contribution in [1.29, 1.82) is 0 Å². The fourth-order valence-electron chi connectivity index (χ4n) is 6.82. The largest absolute Gasteiger partial charge is 0.176 e. The van der Waals surface area contributed by atoms with Gasteiger partial charge in [-0.15, -0.1) is 17.5 Å². The SMILES string of the molecule is [C-]1=CC=CC1.[Cl-].[Cl-].[Ti+2]=[C]1CCCCC1.[c-]1c(C2CCCCC2)ccc2c1Cc1cc(C3CCCCC3)ccc1-2. The first kappa shape index (κ1) is 32.6. The summed E-state index contributed by atoms with van der Waals surface area (Å²) in [5, 5.41) is 0. The predicted octanol–water partition coefficient (Wildman–Crippen LogP) is 4.14. The molecule has 3 saturated carbocycles. The fourth-order valence-corrected chi connectivity index (χ4v) is 7.37. The molecule has 0 N–H and O–H groups in total. The van der Waals surface area contributed by atoms with Crippen LogP contribution in [0.3, 0.4) is 0 Å². The molecule has 39 heavy (non-hydrogen) atoms. The van der Waals surface area contributed by atoms with E-state index < -0.39 is 0 Å². The van der Waals surface area contributed by atoms with Crippen LogP contribution in [0.25, 0.3) is 11.1 Å². The van der Waals surface area contributed by atoms with E-state index in [2.05, 4.69) is 68.5 Å². The number of fused-ring (bicyclic) bond motifs is 3. The van der Waals surface area contributed by atoms with E-state index in [1.54, 1.807) is 14.9 Å². The van der Waals surface area contributed by atoms with Crippen molar-refractivity contribution in [2.75, 3.05) is 0 Å². The van der Waals surface area contributed by atoms with Gasteiger partial charge in [-0.2, -0.15) is 29.8 Å². The summed E-state index contributed by atoms with van der Waals surface area (Å²) in [5.41, 5.74) is 9.01. The standard InChI is InChI=1S/C25H29.C6H10.C5H5.2ClH.Ti/c1-3-7-18(8-4-1)20-11-13-24-22(15-20)17-23-16-21(12-14-25(23)24)19-9-5-2-6-10-19;1-2-4-6-5-3-1;1-2-4-5-3-1;;;/h11-15,18-19H,1-10,17H2;1-5H2;1-3H,4H2;2*1H;/q-1;;-1;;;+2/p-2. The van der Waals surface area contributed by atoms with Gasteiger partial charge >= 0.3 is 55.9 Å². The second kappa shape index (κ2) is 17.1. The number of hydrogen-bond acceptors (Lipinski definition) is 0. The molecule has 5 aliphatic rings. The maximum Gasteiger partial charge on any atom is -0.0162 e. The van der Waals surface area contributed by atoms with Gasteiger partial charge in [-0.3, -0.25) is 6.08 Å². The summed E-state index contributed by atoms with van der Waals surface area (Å²) in [6, 6.07) is 16.0. The molecule has 0 aromatic heterocycles. The van der Waals surface area contributed by atoms with Gasteiger partial charge in [0.15, 0.2) is 0 Å². The summed E-state index contributed by atoms with van der Waals surface area (Å²) >= 11 is 2.28. The van der Waals surface area contributed by atoms with Crippen molar-refractivity contribution in [1.82, 2.24) is 0 Å². The van der Waals surface area contributed by atoms with Gasteiger partial charge in [0.1, 0.15) is 0 Å². The summed E-state index contributed by atoms with van der Waals surface area (Å²) < 4.78 is 1.71. The van der Waals surface area contributed by atoms with E-state index in [1.165, 1.54) is 119 Å². The number of allylic oxidation sites excluding steroid dienone is 4. The first-order chi connectivity index (χ1) is 18.3. The quantitative estimate of drug-likeness (QED) is 0.309.